The van der Waals surface area contributed by atoms with Crippen LogP contribution in [0.15, 0.2) is 103 Å². The topological polar surface area (TPSA) is 63.2 Å². The van der Waals surface area contributed by atoms with Crippen molar-refractivity contribution in [3.8, 4) is 10.6 Å². The first-order chi connectivity index (χ1) is 20.4. The third kappa shape index (κ3) is 3.60. The highest BCUT2D eigenvalue weighted by molar-refractivity contribution is 7.30. The Morgan fingerprint density at radius 1 is 0.762 bits per heavy atom. The van der Waals surface area contributed by atoms with Crippen molar-refractivity contribution in [1.82, 2.24) is 9.97 Å². The van der Waals surface area contributed by atoms with Gasteiger partial charge in [0.2, 0.25) is 5.78 Å². The van der Waals surface area contributed by atoms with E-state index in [0.717, 1.165) is 32.3 Å². The molecule has 0 unspecified atom stereocenters. The maximum Gasteiger partial charge on any atom is 0.216 e. The fourth-order valence-corrected chi connectivity index (χ4v) is 9.02. The molecular formula is C35H23N3O2S2. The molecule has 0 aliphatic heterocycles. The number of pyridine rings is 2. The minimum atomic E-state index is -0.302. The highest BCUT2D eigenvalue weighted by Crippen LogP contribution is 2.57. The van der Waals surface area contributed by atoms with Crippen molar-refractivity contribution in [2.24, 2.45) is 0 Å². The molecule has 0 atom stereocenters. The van der Waals surface area contributed by atoms with E-state index in [-0.39, 0.29) is 28.2 Å². The molecule has 6 aromatic rings. The van der Waals surface area contributed by atoms with Crippen molar-refractivity contribution in [2.75, 3.05) is 4.90 Å². The number of fused-ring (bicyclic) bond motifs is 6. The van der Waals surface area contributed by atoms with Gasteiger partial charge in [-0.05, 0) is 60.2 Å². The number of Topliss-reactive ketones (excluding diaryl/α,β-unsaturated/α-hetero) is 2. The van der Waals surface area contributed by atoms with Gasteiger partial charge in [-0.25, -0.2) is 0 Å². The van der Waals surface area contributed by atoms with E-state index in [0.29, 0.717) is 5.56 Å². The second-order valence-electron chi connectivity index (χ2n) is 11.0. The quantitative estimate of drug-likeness (QED) is 0.154. The number of thiophene rings is 2. The monoisotopic (exact) mass is 581 g/mol. The van der Waals surface area contributed by atoms with Gasteiger partial charge >= 0.3 is 0 Å². The number of hydrogen-bond acceptors (Lipinski definition) is 7. The van der Waals surface area contributed by atoms with Crippen molar-refractivity contribution < 1.29 is 9.59 Å². The maximum absolute atomic E-state index is 13.0. The van der Waals surface area contributed by atoms with Crippen molar-refractivity contribution >= 4 is 66.8 Å². The Morgan fingerprint density at radius 3 is 2.17 bits per heavy atom. The molecule has 2 aromatic carbocycles. The molecule has 0 N–H and O–H groups in total. The minimum Gasteiger partial charge on any atom is -0.309 e. The third-order valence-corrected chi connectivity index (χ3v) is 10.5. The zero-order valence-electron chi connectivity index (χ0n) is 22.8. The van der Waals surface area contributed by atoms with Gasteiger partial charge < -0.3 is 4.90 Å². The molecule has 0 fully saturated rings. The zero-order valence-corrected chi connectivity index (χ0v) is 24.4. The van der Waals surface area contributed by atoms with Crippen LogP contribution in [0.3, 0.4) is 0 Å². The molecule has 0 spiro atoms. The van der Waals surface area contributed by atoms with Crippen LogP contribution >= 0.6 is 22.7 Å². The van der Waals surface area contributed by atoms with Crippen LogP contribution in [0.4, 0.5) is 17.1 Å². The number of para-hydroxylation sites is 2. The Hall–Kier alpha value is -4.72. The first-order valence-corrected chi connectivity index (χ1v) is 15.3. The molecule has 2 aliphatic rings. The molecule has 0 saturated carbocycles. The van der Waals surface area contributed by atoms with Crippen LogP contribution in [0.25, 0.3) is 26.0 Å². The van der Waals surface area contributed by atoms with Gasteiger partial charge in [-0.3, -0.25) is 19.6 Å². The van der Waals surface area contributed by atoms with E-state index in [4.69, 9.17) is 4.98 Å². The highest BCUT2D eigenvalue weighted by atomic mass is 32.1. The average molecular weight is 582 g/mol. The number of benzene rings is 2. The predicted molar refractivity (Wildman–Crippen MR) is 171 cm³/mol. The van der Waals surface area contributed by atoms with Crippen LogP contribution in [0.2, 0.25) is 0 Å². The second-order valence-corrected chi connectivity index (χ2v) is 13.1. The first kappa shape index (κ1) is 25.0. The van der Waals surface area contributed by atoms with E-state index in [9.17, 15) is 9.59 Å². The minimum absolute atomic E-state index is 0.185. The van der Waals surface area contributed by atoms with Gasteiger partial charge in [0.25, 0.3) is 0 Å². The summed E-state index contributed by atoms with van der Waals surface area (Å²) in [5, 5.41) is 0. The summed E-state index contributed by atoms with van der Waals surface area (Å²) in [5.74, 6) is -0.556. The van der Waals surface area contributed by atoms with E-state index in [1.165, 1.54) is 20.7 Å². The fraction of sp³-hybridized carbons (Fsp3) is 0.0857. The van der Waals surface area contributed by atoms with Crippen LogP contribution in [0.1, 0.15) is 50.7 Å². The Labute approximate surface area is 250 Å². The number of hydrogen-bond donors (Lipinski definition) is 0. The zero-order chi connectivity index (χ0) is 28.6. The van der Waals surface area contributed by atoms with E-state index < -0.39 is 0 Å². The lowest BCUT2D eigenvalue weighted by Crippen LogP contribution is -2.17. The molecule has 0 amide bonds. The summed E-state index contributed by atoms with van der Waals surface area (Å²) < 4.78 is 2.33. The second kappa shape index (κ2) is 9.14. The Kier molecular flexibility index (Phi) is 5.45. The number of anilines is 3. The van der Waals surface area contributed by atoms with Crippen LogP contribution in [0, 0.1) is 0 Å². The van der Waals surface area contributed by atoms with Crippen molar-refractivity contribution in [3.05, 3.63) is 130 Å². The molecule has 2 aliphatic carbocycles. The van der Waals surface area contributed by atoms with E-state index in [1.54, 1.807) is 47.1 Å². The van der Waals surface area contributed by atoms with Gasteiger partial charge in [-0.2, -0.15) is 0 Å². The van der Waals surface area contributed by atoms with Gasteiger partial charge in [0.15, 0.2) is 5.78 Å². The molecule has 7 heteroatoms. The van der Waals surface area contributed by atoms with E-state index >= 15 is 0 Å². The maximum atomic E-state index is 13.0. The smallest absolute Gasteiger partial charge is 0.216 e. The number of ketones is 2. The van der Waals surface area contributed by atoms with Gasteiger partial charge in [0, 0.05) is 38.1 Å². The molecule has 4 aromatic heterocycles. The van der Waals surface area contributed by atoms with Crippen LogP contribution in [0.5, 0.6) is 0 Å². The Morgan fingerprint density at radius 2 is 1.48 bits per heavy atom. The normalized spacial score (nSPS) is 15.7. The Balaban J connectivity index is 1.21. The fourth-order valence-electron chi connectivity index (χ4n) is 6.10. The molecular weight excluding hydrogens is 559 g/mol. The number of nitrogens with zero attached hydrogens (tertiary/aromatic N) is 3. The van der Waals surface area contributed by atoms with Crippen LogP contribution < -0.4 is 4.90 Å². The molecule has 202 valence electrons. The lowest BCUT2D eigenvalue weighted by Gasteiger charge is -2.27. The lowest BCUT2D eigenvalue weighted by atomic mass is 9.83. The molecule has 8 rings (SSSR count). The number of carbonyl (C=O) groups is 2. The largest absolute Gasteiger partial charge is 0.309 e. The van der Waals surface area contributed by atoms with E-state index in [1.807, 2.05) is 18.3 Å². The highest BCUT2D eigenvalue weighted by Gasteiger charge is 2.41. The summed E-state index contributed by atoms with van der Waals surface area (Å²) in [7, 11) is 0. The number of aromatic nitrogens is 2. The summed E-state index contributed by atoms with van der Waals surface area (Å²) in [4.78, 5) is 39.4. The molecule has 4 heterocycles. The van der Waals surface area contributed by atoms with Crippen molar-refractivity contribution in [2.45, 2.75) is 19.3 Å². The standard InChI is InChI=1S/C35H23N3O2S2/c1-35(2)26-16-22(38(20-10-5-3-6-11-20)21-12-7-4-8-13-21)19-37-30(26)34-28(35)33-27(42-34)18-23(41-33)17-25-31(39)24-14-9-15-36-29(24)32(25)40/h3-19H,1-2H3/b25-17-. The van der Waals surface area contributed by atoms with Gasteiger partial charge in [0.1, 0.15) is 5.69 Å². The number of allylic oxidation sites excluding steroid dienone is 1. The van der Waals surface area contributed by atoms with Crippen molar-refractivity contribution in [3.63, 3.8) is 0 Å². The number of rotatable bonds is 4. The van der Waals surface area contributed by atoms with Crippen LogP contribution in [-0.2, 0) is 5.41 Å². The van der Waals surface area contributed by atoms with Gasteiger partial charge in [-0.1, -0.05) is 50.2 Å². The van der Waals surface area contributed by atoms with Crippen LogP contribution in [-0.4, -0.2) is 21.5 Å². The average Bonchev–Trinajstić information content (AvgIpc) is 3.69. The summed E-state index contributed by atoms with van der Waals surface area (Å²) in [6, 6.07) is 28.4. The lowest BCUT2D eigenvalue weighted by molar-refractivity contribution is 0.0989. The molecule has 0 bridgehead atoms. The molecule has 5 nitrogen and oxygen atoms in total. The van der Waals surface area contributed by atoms with Crippen molar-refractivity contribution in [1.29, 1.82) is 0 Å². The van der Waals surface area contributed by atoms with Gasteiger partial charge in [-0.15, -0.1) is 22.7 Å². The van der Waals surface area contributed by atoms with Gasteiger partial charge in [0.05, 0.1) is 38.3 Å². The third-order valence-electron chi connectivity index (χ3n) is 8.10. The summed E-state index contributed by atoms with van der Waals surface area (Å²) in [6.07, 6.45) is 5.26. The predicted octanol–water partition coefficient (Wildman–Crippen LogP) is 8.99. The Bertz CT molecular complexity index is 2030. The number of carbonyl (C=O) groups excluding carboxylic acids is 2. The molecule has 0 radical (unpaired) electrons. The SMILES string of the molecule is CC1(C)c2cc(N(c3ccccc3)c3ccccc3)cnc2-c2sc3cc(/C=C4/C(=O)c5cccnc5C4=O)sc3c21. The summed E-state index contributed by atoms with van der Waals surface area (Å²) in [5.41, 5.74) is 7.16. The first-order valence-electron chi connectivity index (χ1n) is 13.7. The van der Waals surface area contributed by atoms with E-state index in [2.05, 4.69) is 84.4 Å². The molecule has 0 saturated heterocycles. The summed E-state index contributed by atoms with van der Waals surface area (Å²) in [6.45, 7) is 4.52. The molecule has 42 heavy (non-hydrogen) atoms. The summed E-state index contributed by atoms with van der Waals surface area (Å²) >= 11 is 3.36.